The Morgan fingerprint density at radius 2 is 0.750 bits per heavy atom. The van der Waals surface area contributed by atoms with Crippen LogP contribution in [0.3, 0.4) is 0 Å². The summed E-state index contributed by atoms with van der Waals surface area (Å²) < 4.78 is 0. The van der Waals surface area contributed by atoms with Crippen LogP contribution in [0.4, 0.5) is 0 Å². The van der Waals surface area contributed by atoms with Crippen LogP contribution in [0.5, 0.6) is 0 Å². The van der Waals surface area contributed by atoms with Crippen LogP contribution in [0, 0.1) is 0 Å². The van der Waals surface area contributed by atoms with Gasteiger partial charge in [0.25, 0.3) is 0 Å². The van der Waals surface area contributed by atoms with Crippen molar-refractivity contribution in [1.82, 2.24) is 0 Å². The molecule has 0 fully saturated rings. The van der Waals surface area contributed by atoms with Gasteiger partial charge in [-0.3, -0.25) is 0 Å². The minimum atomic E-state index is 0. The van der Waals surface area contributed by atoms with Crippen LogP contribution in [0.2, 0.25) is 0 Å². The molecule has 20 valence electrons. The fourth-order valence-electron chi connectivity index (χ4n) is 0. The Balaban J connectivity index is 0. The summed E-state index contributed by atoms with van der Waals surface area (Å²) in [6.07, 6.45) is 0. The molecule has 0 bridgehead atoms. The molecule has 0 aliphatic rings. The Labute approximate surface area is 113 Å². The van der Waals surface area contributed by atoms with Crippen LogP contribution in [0.1, 0.15) is 2.85 Å². The first-order chi connectivity index (χ1) is 0. The molecule has 0 heterocycles. The Hall–Kier alpha value is 3.19. The third kappa shape index (κ3) is 8.95. The Bertz CT molecular complexity index is 9.51. The van der Waals surface area contributed by atoms with Gasteiger partial charge in [0, 0.05) is 0 Å². The summed E-state index contributed by atoms with van der Waals surface area (Å²) >= 11 is 0. The van der Waals surface area contributed by atoms with E-state index in [0.29, 0.717) is 0 Å². The van der Waals surface area contributed by atoms with Crippen molar-refractivity contribution in [1.29, 1.82) is 0 Å². The zero-order valence-corrected chi connectivity index (χ0v) is 9.25. The molecule has 0 atom stereocenters. The zero-order chi connectivity index (χ0) is 0. The van der Waals surface area contributed by atoms with Gasteiger partial charge >= 0.3 is 103 Å². The minimum Gasteiger partial charge on any atom is -1.00 e. The smallest absolute Gasteiger partial charge is 1.00 e. The van der Waals surface area contributed by atoms with Crippen LogP contribution >= 0.6 is 0 Å². The Morgan fingerprint density at radius 3 is 0.750 bits per heavy atom. The summed E-state index contributed by atoms with van der Waals surface area (Å²) in [6.45, 7) is 0. The number of rotatable bonds is 0. The first kappa shape index (κ1) is 27.1. The molecule has 4 heavy (non-hydrogen) atoms. The van der Waals surface area contributed by atoms with Gasteiger partial charge in [-0.2, -0.15) is 0 Å². The van der Waals surface area contributed by atoms with Crippen molar-refractivity contribution in [3.05, 3.63) is 0 Å². The molecular weight excluding hydrogens is 110 g/mol. The van der Waals surface area contributed by atoms with Crippen molar-refractivity contribution in [2.45, 2.75) is 0 Å². The summed E-state index contributed by atoms with van der Waals surface area (Å²) in [5.41, 5.74) is 0. The molecule has 0 saturated carbocycles. The maximum absolute atomic E-state index is 0. The molecule has 0 rings (SSSR count). The molecule has 0 aliphatic heterocycles. The molecule has 0 amide bonds. The minimum absolute atomic E-state index is 0. The molecule has 0 radical (unpaired) electrons. The molecule has 0 saturated heterocycles. The molecule has 2 nitrogen and oxygen atoms in total. The van der Waals surface area contributed by atoms with E-state index in [1.54, 1.807) is 0 Å². The van der Waals surface area contributed by atoms with Crippen LogP contribution in [-0.4, -0.2) is 11.0 Å². The van der Waals surface area contributed by atoms with Crippen LogP contribution in [0.25, 0.3) is 0 Å². The Kier molecular flexibility index (Phi) is 111. The fourth-order valence-corrected chi connectivity index (χ4v) is 0. The molecule has 4 N–H and O–H groups in total. The van der Waals surface area contributed by atoms with Gasteiger partial charge in [0.2, 0.25) is 0 Å². The summed E-state index contributed by atoms with van der Waals surface area (Å²) in [6, 6.07) is 0. The average Bonchev–Trinajstić information content (AvgIpc) is 0. The van der Waals surface area contributed by atoms with Gasteiger partial charge in [-0.1, -0.05) is 0 Å². The predicted molar refractivity (Wildman–Crippen MR) is 9.45 cm³/mol. The maximum Gasteiger partial charge on any atom is 1.00 e. The van der Waals surface area contributed by atoms with E-state index in [-0.39, 0.29) is 117 Å². The van der Waals surface area contributed by atoms with E-state index in [1.165, 1.54) is 0 Å². The van der Waals surface area contributed by atoms with Gasteiger partial charge in [-0.15, -0.1) is 0 Å². The van der Waals surface area contributed by atoms with E-state index >= 15 is 0 Å². The van der Waals surface area contributed by atoms with E-state index in [9.17, 15) is 0 Å². The van der Waals surface area contributed by atoms with E-state index in [4.69, 9.17) is 0 Å². The molecule has 0 aromatic rings. The second kappa shape index (κ2) is 16.4. The van der Waals surface area contributed by atoms with Crippen molar-refractivity contribution in [2.75, 3.05) is 0 Å². The van der Waals surface area contributed by atoms with E-state index in [1.807, 2.05) is 0 Å². The second-order valence-corrected chi connectivity index (χ2v) is 0. The first-order valence-corrected chi connectivity index (χ1v) is 0. The fraction of sp³-hybridized carbons (Fsp3) is 0. The van der Waals surface area contributed by atoms with Gasteiger partial charge in [0.15, 0.2) is 0 Å². The standard InChI is InChI=1S/2K.2H2O.2H/h;;2*1H2;;/q2*+1;;;2*-1. The van der Waals surface area contributed by atoms with Crippen LogP contribution < -0.4 is 103 Å². The molecule has 0 aliphatic carbocycles. The topological polar surface area (TPSA) is 63.0 Å². The van der Waals surface area contributed by atoms with Crippen molar-refractivity contribution in [3.8, 4) is 0 Å². The normalized spacial score (nSPS) is 0. The molecule has 0 aromatic heterocycles. The van der Waals surface area contributed by atoms with Gasteiger partial charge in [0.1, 0.15) is 0 Å². The third-order valence-electron chi connectivity index (χ3n) is 0. The van der Waals surface area contributed by atoms with E-state index in [0.717, 1.165) is 0 Å². The third-order valence-corrected chi connectivity index (χ3v) is 0. The average molecular weight is 116 g/mol. The Morgan fingerprint density at radius 1 is 0.750 bits per heavy atom. The van der Waals surface area contributed by atoms with Gasteiger partial charge in [-0.25, -0.2) is 0 Å². The summed E-state index contributed by atoms with van der Waals surface area (Å²) in [7, 11) is 0. The summed E-state index contributed by atoms with van der Waals surface area (Å²) in [5, 5.41) is 0. The van der Waals surface area contributed by atoms with Gasteiger partial charge in [0.05, 0.1) is 0 Å². The van der Waals surface area contributed by atoms with Gasteiger partial charge < -0.3 is 13.8 Å². The molecule has 4 heteroatoms. The molecule has 0 unspecified atom stereocenters. The van der Waals surface area contributed by atoms with Crippen molar-refractivity contribution >= 4 is 0 Å². The van der Waals surface area contributed by atoms with Crippen LogP contribution in [0.15, 0.2) is 0 Å². The van der Waals surface area contributed by atoms with E-state index < -0.39 is 0 Å². The van der Waals surface area contributed by atoms with Crippen molar-refractivity contribution < 1.29 is 117 Å². The van der Waals surface area contributed by atoms with E-state index in [2.05, 4.69) is 0 Å². The summed E-state index contributed by atoms with van der Waals surface area (Å²) in [4.78, 5) is 0. The number of hydrogen-bond acceptors (Lipinski definition) is 0. The molecule has 0 spiro atoms. The van der Waals surface area contributed by atoms with Crippen molar-refractivity contribution in [3.63, 3.8) is 0 Å². The first-order valence-electron chi connectivity index (χ1n) is 0. The zero-order valence-electron chi connectivity index (χ0n) is 5.00. The number of hydrogen-bond donors (Lipinski definition) is 0. The SMILES string of the molecule is O.O.[H-].[H-].[K+].[K+]. The molecular formula is H6K2O2. The largest absolute Gasteiger partial charge is 1.00 e. The second-order valence-electron chi connectivity index (χ2n) is 0. The molecule has 0 aromatic carbocycles. The quantitative estimate of drug-likeness (QED) is 0.282. The maximum atomic E-state index is 0. The van der Waals surface area contributed by atoms with Crippen LogP contribution in [-0.2, 0) is 0 Å². The monoisotopic (exact) mass is 116 g/mol. The van der Waals surface area contributed by atoms with Gasteiger partial charge in [-0.05, 0) is 0 Å². The summed E-state index contributed by atoms with van der Waals surface area (Å²) in [5.74, 6) is 0. The van der Waals surface area contributed by atoms with Crippen molar-refractivity contribution in [2.24, 2.45) is 0 Å². The predicted octanol–water partition coefficient (Wildman–Crippen LogP) is -7.42.